The highest BCUT2D eigenvalue weighted by molar-refractivity contribution is 5.70. The lowest BCUT2D eigenvalue weighted by atomic mass is 10.0. The molecule has 3 aliphatic heterocycles. The van der Waals surface area contributed by atoms with Gasteiger partial charge in [-0.2, -0.15) is 0 Å². The fraction of sp³-hybridized carbons (Fsp3) is 0.423. The first-order chi connectivity index (χ1) is 16.7. The van der Waals surface area contributed by atoms with E-state index in [0.717, 1.165) is 55.4 Å². The van der Waals surface area contributed by atoms with E-state index >= 15 is 0 Å². The van der Waals surface area contributed by atoms with Crippen molar-refractivity contribution < 1.29 is 4.74 Å². The maximum absolute atomic E-state index is 5.69. The van der Waals surface area contributed by atoms with E-state index in [9.17, 15) is 0 Å². The number of rotatable bonds is 5. The van der Waals surface area contributed by atoms with Gasteiger partial charge in [-0.25, -0.2) is 15.0 Å². The van der Waals surface area contributed by atoms with Crippen molar-refractivity contribution in [2.24, 2.45) is 0 Å². The van der Waals surface area contributed by atoms with Gasteiger partial charge in [-0.05, 0) is 62.5 Å². The lowest BCUT2D eigenvalue weighted by molar-refractivity contribution is 0.310. The summed E-state index contributed by atoms with van der Waals surface area (Å²) in [5.41, 5.74) is 7.96. The predicted molar refractivity (Wildman–Crippen MR) is 134 cm³/mol. The zero-order chi connectivity index (χ0) is 22.9. The van der Waals surface area contributed by atoms with Crippen LogP contribution in [0, 0.1) is 6.92 Å². The second-order valence-corrected chi connectivity index (χ2v) is 9.37. The van der Waals surface area contributed by atoms with Crippen molar-refractivity contribution in [1.29, 1.82) is 0 Å². The summed E-state index contributed by atoms with van der Waals surface area (Å²) in [5.74, 6) is 1.34. The second-order valence-electron chi connectivity index (χ2n) is 9.37. The molecule has 1 saturated heterocycles. The highest BCUT2D eigenvalue weighted by atomic mass is 16.5. The van der Waals surface area contributed by atoms with E-state index in [1.54, 1.807) is 0 Å². The molecule has 0 atom stereocenters. The van der Waals surface area contributed by atoms with Gasteiger partial charge in [0, 0.05) is 37.1 Å². The average molecular weight is 458 g/mol. The summed E-state index contributed by atoms with van der Waals surface area (Å²) < 4.78 is 5.69. The van der Waals surface area contributed by atoms with Gasteiger partial charge in [0.15, 0.2) is 0 Å². The number of hydrogen-bond donors (Lipinski definition) is 2. The molecular formula is C26H31N7O. The van der Waals surface area contributed by atoms with Crippen LogP contribution in [0.2, 0.25) is 0 Å². The maximum atomic E-state index is 5.69. The Bertz CT molecular complexity index is 1170. The largest absolute Gasteiger partial charge is 0.474 e. The van der Waals surface area contributed by atoms with E-state index in [0.29, 0.717) is 18.4 Å². The zero-order valence-electron chi connectivity index (χ0n) is 19.7. The second kappa shape index (κ2) is 9.10. The lowest BCUT2D eigenvalue weighted by Gasteiger charge is -2.32. The molecule has 0 amide bonds. The van der Waals surface area contributed by atoms with Gasteiger partial charge in [0.2, 0.25) is 11.8 Å². The Balaban J connectivity index is 1.16. The van der Waals surface area contributed by atoms with Crippen LogP contribution in [-0.2, 0) is 19.5 Å². The van der Waals surface area contributed by atoms with Crippen LogP contribution in [-0.4, -0.2) is 52.6 Å². The zero-order valence-corrected chi connectivity index (χ0v) is 19.7. The number of ether oxygens (including phenoxy) is 1. The molecule has 34 heavy (non-hydrogen) atoms. The first-order valence-corrected chi connectivity index (χ1v) is 12.3. The van der Waals surface area contributed by atoms with Crippen LogP contribution < -0.4 is 20.3 Å². The van der Waals surface area contributed by atoms with E-state index in [1.165, 1.54) is 42.6 Å². The van der Waals surface area contributed by atoms with Gasteiger partial charge in [0.25, 0.3) is 0 Å². The SMILES string of the molecule is Cc1c(N2CCc3cnc(Nc4ccc(CN5CCCC5)cc4)nc3C2)cnc2c1NCCO2. The number of pyridine rings is 1. The van der Waals surface area contributed by atoms with Gasteiger partial charge in [-0.15, -0.1) is 0 Å². The minimum atomic E-state index is 0.642. The van der Waals surface area contributed by atoms with E-state index in [4.69, 9.17) is 9.72 Å². The number of fused-ring (bicyclic) bond motifs is 2. The minimum absolute atomic E-state index is 0.642. The van der Waals surface area contributed by atoms with Gasteiger partial charge < -0.3 is 20.3 Å². The van der Waals surface area contributed by atoms with Crippen molar-refractivity contribution in [2.75, 3.05) is 48.3 Å². The lowest BCUT2D eigenvalue weighted by Crippen LogP contribution is -2.32. The van der Waals surface area contributed by atoms with E-state index in [-0.39, 0.29) is 0 Å². The van der Waals surface area contributed by atoms with Gasteiger partial charge in [-0.1, -0.05) is 12.1 Å². The Morgan fingerprint density at radius 2 is 1.91 bits per heavy atom. The average Bonchev–Trinajstić information content (AvgIpc) is 3.38. The summed E-state index contributed by atoms with van der Waals surface area (Å²) in [6.07, 6.45) is 7.45. The molecule has 3 aliphatic rings. The van der Waals surface area contributed by atoms with Gasteiger partial charge in [0.05, 0.1) is 24.1 Å². The molecule has 6 rings (SSSR count). The molecule has 0 radical (unpaired) electrons. The molecule has 1 fully saturated rings. The number of nitrogens with one attached hydrogen (secondary N) is 2. The molecule has 2 aromatic heterocycles. The Morgan fingerprint density at radius 3 is 2.76 bits per heavy atom. The third-order valence-electron chi connectivity index (χ3n) is 7.02. The van der Waals surface area contributed by atoms with E-state index in [2.05, 4.69) is 61.6 Å². The Kier molecular flexibility index (Phi) is 5.66. The molecule has 0 spiro atoms. The quantitative estimate of drug-likeness (QED) is 0.598. The number of hydrogen-bond acceptors (Lipinski definition) is 8. The third kappa shape index (κ3) is 4.25. The third-order valence-corrected chi connectivity index (χ3v) is 7.02. The first-order valence-electron chi connectivity index (χ1n) is 12.3. The van der Waals surface area contributed by atoms with Crippen LogP contribution in [0.4, 0.5) is 23.0 Å². The first kappa shape index (κ1) is 21.2. The number of nitrogens with zero attached hydrogens (tertiary/aromatic N) is 5. The molecule has 0 bridgehead atoms. The molecule has 8 heteroatoms. The van der Waals surface area contributed by atoms with Gasteiger partial charge in [-0.3, -0.25) is 4.90 Å². The normalized spacial score (nSPS) is 17.5. The van der Waals surface area contributed by atoms with Crippen molar-refractivity contribution in [3.8, 4) is 5.88 Å². The van der Waals surface area contributed by atoms with Crippen LogP contribution in [0.15, 0.2) is 36.7 Å². The number of anilines is 4. The van der Waals surface area contributed by atoms with E-state index < -0.39 is 0 Å². The number of benzene rings is 1. The Hall–Kier alpha value is -3.39. The van der Waals surface area contributed by atoms with Crippen LogP contribution in [0.5, 0.6) is 5.88 Å². The highest BCUT2D eigenvalue weighted by Crippen LogP contribution is 2.36. The number of likely N-dealkylation sites (tertiary alicyclic amines) is 1. The maximum Gasteiger partial charge on any atom is 0.237 e. The summed E-state index contributed by atoms with van der Waals surface area (Å²) in [4.78, 5) is 18.9. The predicted octanol–water partition coefficient (Wildman–Crippen LogP) is 3.89. The van der Waals surface area contributed by atoms with Crippen LogP contribution in [0.25, 0.3) is 0 Å². The van der Waals surface area contributed by atoms with Crippen molar-refractivity contribution in [3.05, 3.63) is 59.0 Å². The van der Waals surface area contributed by atoms with Gasteiger partial charge in [0.1, 0.15) is 12.3 Å². The van der Waals surface area contributed by atoms with Gasteiger partial charge >= 0.3 is 0 Å². The molecule has 2 N–H and O–H groups in total. The summed E-state index contributed by atoms with van der Waals surface area (Å²) in [6, 6.07) is 8.64. The fourth-order valence-electron chi connectivity index (χ4n) is 5.12. The van der Waals surface area contributed by atoms with Crippen molar-refractivity contribution in [2.45, 2.75) is 39.3 Å². The molecule has 1 aromatic carbocycles. The van der Waals surface area contributed by atoms with Crippen LogP contribution in [0.3, 0.4) is 0 Å². The Morgan fingerprint density at radius 1 is 1.06 bits per heavy atom. The summed E-state index contributed by atoms with van der Waals surface area (Å²) in [5, 5.41) is 6.83. The monoisotopic (exact) mass is 457 g/mol. The Labute approximate surface area is 200 Å². The molecule has 3 aromatic rings. The molecular weight excluding hydrogens is 426 g/mol. The molecule has 5 heterocycles. The summed E-state index contributed by atoms with van der Waals surface area (Å²) in [7, 11) is 0. The van der Waals surface area contributed by atoms with Crippen molar-refractivity contribution in [1.82, 2.24) is 19.9 Å². The molecule has 176 valence electrons. The smallest absolute Gasteiger partial charge is 0.237 e. The van der Waals surface area contributed by atoms with E-state index in [1.807, 2.05) is 12.4 Å². The van der Waals surface area contributed by atoms with Crippen LogP contribution in [0.1, 0.15) is 35.2 Å². The minimum Gasteiger partial charge on any atom is -0.474 e. The topological polar surface area (TPSA) is 78.4 Å². The fourth-order valence-corrected chi connectivity index (χ4v) is 5.12. The summed E-state index contributed by atoms with van der Waals surface area (Å²) in [6.45, 7) is 8.72. The van der Waals surface area contributed by atoms with Crippen molar-refractivity contribution >= 4 is 23.0 Å². The van der Waals surface area contributed by atoms with Crippen LogP contribution >= 0.6 is 0 Å². The van der Waals surface area contributed by atoms with Crippen molar-refractivity contribution in [3.63, 3.8) is 0 Å². The highest BCUT2D eigenvalue weighted by Gasteiger charge is 2.24. The molecule has 0 saturated carbocycles. The number of aromatic nitrogens is 3. The molecule has 8 nitrogen and oxygen atoms in total. The molecule has 0 unspecified atom stereocenters. The summed E-state index contributed by atoms with van der Waals surface area (Å²) >= 11 is 0. The standard InChI is InChI=1S/C26H31N7O/c1-18-23(15-28-25-24(18)27-9-13-34-25)33-12-8-20-14-29-26(31-22(20)17-33)30-21-6-4-19(5-7-21)16-32-10-2-3-11-32/h4-7,14-15,27H,2-3,8-13,16-17H2,1H3,(H,29,30,31). The molecule has 0 aliphatic carbocycles.